The zero-order valence-electron chi connectivity index (χ0n) is 19.5. The van der Waals surface area contributed by atoms with Crippen molar-refractivity contribution in [3.05, 3.63) is 118 Å². The van der Waals surface area contributed by atoms with Gasteiger partial charge >= 0.3 is 0 Å². The minimum absolute atomic E-state index is 1.29. The Kier molecular flexibility index (Phi) is 3.36. The van der Waals surface area contributed by atoms with Crippen molar-refractivity contribution in [3.8, 4) is 0 Å². The summed E-state index contributed by atoms with van der Waals surface area (Å²) in [5.41, 5.74) is 0. The van der Waals surface area contributed by atoms with E-state index in [1.54, 1.807) is 0 Å². The van der Waals surface area contributed by atoms with Crippen molar-refractivity contribution >= 4 is 88.9 Å². The van der Waals surface area contributed by atoms with Gasteiger partial charge in [0.2, 0.25) is 0 Å². The third kappa shape index (κ3) is 2.12. The molecule has 0 N–H and O–H groups in total. The van der Waals surface area contributed by atoms with Crippen molar-refractivity contribution in [2.24, 2.45) is 0 Å². The van der Waals surface area contributed by atoms with E-state index in [-0.39, 0.29) is 0 Å². The van der Waals surface area contributed by atoms with Crippen LogP contribution < -0.4 is 20.9 Å². The lowest BCUT2D eigenvalue weighted by molar-refractivity contribution is 1.69. The molecule has 0 aromatic heterocycles. The number of benzene rings is 7. The predicted octanol–water partition coefficient (Wildman–Crippen LogP) is 6.31. The van der Waals surface area contributed by atoms with Crippen molar-refractivity contribution in [1.29, 1.82) is 0 Å². The highest BCUT2D eigenvalue weighted by Crippen LogP contribution is 2.42. The van der Waals surface area contributed by atoms with Crippen LogP contribution in [0.5, 0.6) is 0 Å². The topological polar surface area (TPSA) is 0 Å². The van der Waals surface area contributed by atoms with Gasteiger partial charge < -0.3 is 0 Å². The number of allylic oxidation sites excluding steroid dienone is 4. The quantitative estimate of drug-likeness (QED) is 0.187. The van der Waals surface area contributed by atoms with Gasteiger partial charge in [0.25, 0.3) is 0 Å². The molecule has 7 aromatic rings. The molecule has 0 aliphatic heterocycles. The van der Waals surface area contributed by atoms with Crippen LogP contribution >= 0.6 is 0 Å². The molecule has 0 spiro atoms. The molecule has 9 rings (SSSR count). The maximum atomic E-state index is 2.37. The van der Waals surface area contributed by atoms with Gasteiger partial charge in [-0.05, 0) is 85.5 Å². The van der Waals surface area contributed by atoms with Gasteiger partial charge in [0.05, 0.1) is 0 Å². The maximum absolute atomic E-state index is 2.37. The van der Waals surface area contributed by atoms with E-state index in [2.05, 4.69) is 121 Å². The van der Waals surface area contributed by atoms with E-state index >= 15 is 0 Å². The average molecular weight is 453 g/mol. The Hall–Kier alpha value is -4.68. The Morgan fingerprint density at radius 2 is 0.694 bits per heavy atom. The third-order valence-corrected chi connectivity index (χ3v) is 8.33. The lowest BCUT2D eigenvalue weighted by Crippen LogP contribution is -2.17. The minimum Gasteiger partial charge on any atom is -0.0616 e. The van der Waals surface area contributed by atoms with Gasteiger partial charge in [0.15, 0.2) is 0 Å². The standard InChI is InChI=1S/C36H20/c1-3-13-25-23-11-5-7-15-27(23)33-30-20-18-22-10-2-4-14-26-24-12-6-8-16-28(24)34(36(30)32(22)26)29-19-17-21(9-1)31(25)35(29)33/h1-20H. The second-order valence-electron chi connectivity index (χ2n) is 10.0. The summed E-state index contributed by atoms with van der Waals surface area (Å²) < 4.78 is 0. The van der Waals surface area contributed by atoms with Crippen molar-refractivity contribution in [2.45, 2.75) is 0 Å². The summed E-state index contributed by atoms with van der Waals surface area (Å²) in [6, 6.07) is 27.3. The number of hydrogen-bond donors (Lipinski definition) is 0. The summed E-state index contributed by atoms with van der Waals surface area (Å²) in [5, 5.41) is 21.5. The summed E-state index contributed by atoms with van der Waals surface area (Å²) in [7, 11) is 0. The second kappa shape index (κ2) is 6.50. The fourth-order valence-corrected chi connectivity index (χ4v) is 6.97. The molecule has 0 fully saturated rings. The molecule has 7 aromatic carbocycles. The van der Waals surface area contributed by atoms with Gasteiger partial charge in [0.1, 0.15) is 0 Å². The molecule has 2 aliphatic carbocycles. The van der Waals surface area contributed by atoms with E-state index in [9.17, 15) is 0 Å². The summed E-state index contributed by atoms with van der Waals surface area (Å²) in [6.45, 7) is 0. The number of hydrogen-bond acceptors (Lipinski definition) is 0. The smallest absolute Gasteiger partial charge is 0.000762 e. The van der Waals surface area contributed by atoms with Crippen LogP contribution in [0, 0.1) is 0 Å². The molecular formula is C36H20. The highest BCUT2D eigenvalue weighted by Gasteiger charge is 2.20. The Balaban J connectivity index is 1.80. The average Bonchev–Trinajstić information content (AvgIpc) is 3.29. The normalized spacial score (nSPS) is 14.2. The van der Waals surface area contributed by atoms with E-state index in [4.69, 9.17) is 0 Å². The molecule has 0 nitrogen and oxygen atoms in total. The molecule has 0 heterocycles. The van der Waals surface area contributed by atoms with E-state index in [0.717, 1.165) is 0 Å². The molecular weight excluding hydrogens is 432 g/mol. The number of rotatable bonds is 0. The maximum Gasteiger partial charge on any atom is -0.000762 e. The molecule has 0 amide bonds. The van der Waals surface area contributed by atoms with Crippen molar-refractivity contribution in [2.75, 3.05) is 0 Å². The summed E-state index contributed by atoms with van der Waals surface area (Å²) in [6.07, 6.45) is 17.8. The molecule has 0 saturated carbocycles. The molecule has 164 valence electrons. The van der Waals surface area contributed by atoms with Crippen molar-refractivity contribution < 1.29 is 0 Å². The first-order valence-corrected chi connectivity index (χ1v) is 12.6. The van der Waals surface area contributed by atoms with Crippen LogP contribution in [0.2, 0.25) is 0 Å². The zero-order valence-corrected chi connectivity index (χ0v) is 19.5. The van der Waals surface area contributed by atoms with Crippen LogP contribution in [0.1, 0.15) is 0 Å². The molecule has 0 saturated heterocycles. The van der Waals surface area contributed by atoms with Crippen LogP contribution in [-0.2, 0) is 0 Å². The summed E-state index contributed by atoms with van der Waals surface area (Å²) in [5.74, 6) is 0. The van der Waals surface area contributed by atoms with Gasteiger partial charge in [-0.1, -0.05) is 121 Å². The van der Waals surface area contributed by atoms with Gasteiger partial charge in [0, 0.05) is 0 Å². The predicted molar refractivity (Wildman–Crippen MR) is 157 cm³/mol. The highest BCUT2D eigenvalue weighted by atomic mass is 14.2. The molecule has 0 radical (unpaired) electrons. The minimum atomic E-state index is 1.29. The van der Waals surface area contributed by atoms with Crippen LogP contribution in [0.15, 0.2) is 97.1 Å². The van der Waals surface area contributed by atoms with Crippen molar-refractivity contribution in [1.82, 2.24) is 0 Å². The Morgan fingerprint density at radius 3 is 1.17 bits per heavy atom. The summed E-state index contributed by atoms with van der Waals surface area (Å²) >= 11 is 0. The first kappa shape index (κ1) is 18.6. The van der Waals surface area contributed by atoms with Crippen LogP contribution in [0.3, 0.4) is 0 Å². The first-order chi connectivity index (χ1) is 17.9. The van der Waals surface area contributed by atoms with E-state index in [0.29, 0.717) is 0 Å². The fourth-order valence-electron chi connectivity index (χ4n) is 6.97. The first-order valence-electron chi connectivity index (χ1n) is 12.6. The molecule has 0 heteroatoms. The van der Waals surface area contributed by atoms with E-state index in [1.807, 2.05) is 0 Å². The highest BCUT2D eigenvalue weighted by molar-refractivity contribution is 6.42. The molecule has 0 unspecified atom stereocenters. The van der Waals surface area contributed by atoms with E-state index in [1.165, 1.54) is 85.5 Å². The van der Waals surface area contributed by atoms with Gasteiger partial charge in [-0.15, -0.1) is 0 Å². The Morgan fingerprint density at radius 1 is 0.278 bits per heavy atom. The number of fused-ring (bicyclic) bond motifs is 8. The molecule has 0 bridgehead atoms. The lowest BCUT2D eigenvalue weighted by atomic mass is 9.83. The van der Waals surface area contributed by atoms with Crippen LogP contribution in [0.4, 0.5) is 0 Å². The van der Waals surface area contributed by atoms with Gasteiger partial charge in [-0.3, -0.25) is 0 Å². The fraction of sp³-hybridized carbons (Fsp3) is 0. The monoisotopic (exact) mass is 452 g/mol. The molecule has 36 heavy (non-hydrogen) atoms. The Labute approximate surface area is 206 Å². The second-order valence-corrected chi connectivity index (χ2v) is 10.0. The van der Waals surface area contributed by atoms with Gasteiger partial charge in [-0.25, -0.2) is 0 Å². The van der Waals surface area contributed by atoms with E-state index < -0.39 is 0 Å². The molecule has 2 aliphatic rings. The summed E-state index contributed by atoms with van der Waals surface area (Å²) in [4.78, 5) is 0. The van der Waals surface area contributed by atoms with Gasteiger partial charge in [-0.2, -0.15) is 0 Å². The van der Waals surface area contributed by atoms with Crippen molar-refractivity contribution in [3.63, 3.8) is 0 Å². The molecule has 0 atom stereocenters. The SMILES string of the molecule is C1=CC=c2c3ccccc3c3c4ccc5c6c(c7ccccc7c(c7ccc(c2c73)=C1)c64)=CC=CC=5. The lowest BCUT2D eigenvalue weighted by Gasteiger charge is -2.20. The van der Waals surface area contributed by atoms with Crippen LogP contribution in [0.25, 0.3) is 88.9 Å². The zero-order chi connectivity index (χ0) is 23.4. The third-order valence-electron chi connectivity index (χ3n) is 8.33. The van der Waals surface area contributed by atoms with Crippen LogP contribution in [-0.4, -0.2) is 0 Å². The Bertz CT molecular complexity index is 2270. The largest absolute Gasteiger partial charge is 0.0616 e.